The maximum atomic E-state index is 15.0. The van der Waals surface area contributed by atoms with E-state index in [1.54, 1.807) is 25.4 Å². The molecule has 1 aliphatic heterocycles. The summed E-state index contributed by atoms with van der Waals surface area (Å²) in [6.45, 7) is 8.39. The van der Waals surface area contributed by atoms with Gasteiger partial charge in [-0.15, -0.1) is 0 Å². The molecule has 45 heavy (non-hydrogen) atoms. The highest BCUT2D eigenvalue weighted by Gasteiger charge is 2.36. The van der Waals surface area contributed by atoms with Crippen molar-refractivity contribution >= 4 is 34.0 Å². The molecule has 13 heteroatoms. The van der Waals surface area contributed by atoms with E-state index in [9.17, 15) is 18.0 Å². The number of anilines is 2. The van der Waals surface area contributed by atoms with Crippen LogP contribution in [-0.2, 0) is 12.7 Å². The van der Waals surface area contributed by atoms with E-state index in [0.29, 0.717) is 41.8 Å². The fourth-order valence-corrected chi connectivity index (χ4v) is 4.95. The lowest BCUT2D eigenvalue weighted by Crippen LogP contribution is -2.44. The Morgan fingerprint density at radius 2 is 1.80 bits per heavy atom. The number of benzene rings is 2. The number of halogens is 4. The van der Waals surface area contributed by atoms with Crippen LogP contribution in [0.2, 0.25) is 0 Å². The van der Waals surface area contributed by atoms with E-state index in [2.05, 4.69) is 20.2 Å². The number of rotatable bonds is 7. The van der Waals surface area contributed by atoms with Crippen LogP contribution in [0.1, 0.15) is 46.5 Å². The number of carbonyl (C=O) groups is 1. The number of aromatic amines is 1. The quantitative estimate of drug-likeness (QED) is 0.118. The first kappa shape index (κ1) is 33.4. The van der Waals surface area contributed by atoms with Gasteiger partial charge in [0.25, 0.3) is 5.91 Å². The highest BCUT2D eigenvalue weighted by atomic mass is 19.4. The van der Waals surface area contributed by atoms with Gasteiger partial charge in [-0.05, 0) is 55.9 Å². The average Bonchev–Trinajstić information content (AvgIpc) is 3.48. The first-order chi connectivity index (χ1) is 21.4. The summed E-state index contributed by atoms with van der Waals surface area (Å²) in [5, 5.41) is 4.64. The molecule has 5 rings (SSSR count). The minimum Gasteiger partial charge on any atom is -0.397 e. The molecule has 240 valence electrons. The van der Waals surface area contributed by atoms with Crippen LogP contribution in [0.15, 0.2) is 61.1 Å². The second-order valence-electron chi connectivity index (χ2n) is 10.7. The van der Waals surface area contributed by atoms with Crippen molar-refractivity contribution in [1.29, 1.82) is 0 Å². The molecule has 6 N–H and O–H groups in total. The van der Waals surface area contributed by atoms with Crippen molar-refractivity contribution in [3.05, 3.63) is 94.7 Å². The lowest BCUT2D eigenvalue weighted by Gasteiger charge is -2.32. The number of alkyl halides is 3. The van der Waals surface area contributed by atoms with Gasteiger partial charge in [0.1, 0.15) is 11.5 Å². The van der Waals surface area contributed by atoms with Crippen molar-refractivity contribution in [2.75, 3.05) is 43.6 Å². The van der Waals surface area contributed by atoms with Crippen molar-refractivity contribution in [3.8, 4) is 0 Å². The summed E-state index contributed by atoms with van der Waals surface area (Å²) < 4.78 is 56.3. The number of nitrogens with two attached hydrogens (primary N) is 2. The summed E-state index contributed by atoms with van der Waals surface area (Å²) in [5.41, 5.74) is 7.52. The third kappa shape index (κ3) is 7.98. The van der Waals surface area contributed by atoms with Crippen LogP contribution in [-0.4, -0.2) is 58.9 Å². The van der Waals surface area contributed by atoms with Crippen LogP contribution in [0.5, 0.6) is 0 Å². The molecule has 1 aliphatic rings. The normalized spacial score (nSPS) is 14.6. The molecule has 0 bridgehead atoms. The van der Waals surface area contributed by atoms with Gasteiger partial charge in [0, 0.05) is 79.1 Å². The molecule has 4 aromatic rings. The fourth-order valence-electron chi connectivity index (χ4n) is 4.95. The second kappa shape index (κ2) is 14.1. The number of hydrazine groups is 1. The van der Waals surface area contributed by atoms with Crippen molar-refractivity contribution < 1.29 is 22.4 Å². The Hall–Kier alpha value is -4.46. The van der Waals surface area contributed by atoms with Crippen LogP contribution in [0.4, 0.5) is 28.9 Å². The lowest BCUT2D eigenvalue weighted by molar-refractivity contribution is -0.140. The second-order valence-corrected chi connectivity index (χ2v) is 10.7. The van der Waals surface area contributed by atoms with Gasteiger partial charge >= 0.3 is 6.18 Å². The Morgan fingerprint density at radius 3 is 2.49 bits per heavy atom. The molecule has 0 radical (unpaired) electrons. The molecular weight excluding hydrogens is 588 g/mol. The van der Waals surface area contributed by atoms with Crippen LogP contribution in [0.3, 0.4) is 0 Å². The topological polar surface area (TPSA) is 120 Å². The van der Waals surface area contributed by atoms with Gasteiger partial charge in [0.2, 0.25) is 0 Å². The van der Waals surface area contributed by atoms with E-state index in [1.165, 1.54) is 29.4 Å². The Labute approximate surface area is 259 Å². The number of hydrogen-bond acceptors (Lipinski definition) is 7. The zero-order chi connectivity index (χ0) is 32.9. The predicted molar refractivity (Wildman–Crippen MR) is 170 cm³/mol. The van der Waals surface area contributed by atoms with Crippen molar-refractivity contribution in [2.24, 2.45) is 11.6 Å². The summed E-state index contributed by atoms with van der Waals surface area (Å²) in [6, 6.07) is 10.3. The molecule has 0 aliphatic carbocycles. The third-order valence-corrected chi connectivity index (χ3v) is 7.46. The SMILES string of the molecule is CC.Cc1ccc(C(=O)Nc2cc(CN3CCN(C)CC3)c(F)c(C(F)(F)F)c2)cc1N(N)/C=C(\N)c1cnc2[nH]ccc2c1. The molecule has 0 saturated carbocycles. The average molecular weight is 627 g/mol. The molecule has 2 aromatic heterocycles. The van der Waals surface area contributed by atoms with E-state index < -0.39 is 23.5 Å². The van der Waals surface area contributed by atoms with Gasteiger partial charge in [0.15, 0.2) is 0 Å². The zero-order valence-electron chi connectivity index (χ0n) is 25.7. The predicted octanol–water partition coefficient (Wildman–Crippen LogP) is 5.69. The van der Waals surface area contributed by atoms with Crippen LogP contribution >= 0.6 is 0 Å². The molecule has 2 aromatic carbocycles. The number of nitrogens with one attached hydrogen (secondary N) is 2. The van der Waals surface area contributed by atoms with E-state index in [0.717, 1.165) is 24.0 Å². The number of likely N-dealkylation sites (N-methyl/N-ethyl adjacent to an activating group) is 1. The van der Waals surface area contributed by atoms with Crippen LogP contribution in [0.25, 0.3) is 16.7 Å². The number of amides is 1. The van der Waals surface area contributed by atoms with Gasteiger partial charge in [-0.25, -0.2) is 15.2 Å². The Morgan fingerprint density at radius 1 is 1.09 bits per heavy atom. The lowest BCUT2D eigenvalue weighted by atomic mass is 10.1. The maximum absolute atomic E-state index is 15.0. The largest absolute Gasteiger partial charge is 0.419 e. The number of fused-ring (bicyclic) bond motifs is 1. The highest BCUT2D eigenvalue weighted by molar-refractivity contribution is 6.05. The van der Waals surface area contributed by atoms with E-state index >= 15 is 4.39 Å². The smallest absolute Gasteiger partial charge is 0.397 e. The first-order valence-electron chi connectivity index (χ1n) is 14.6. The zero-order valence-corrected chi connectivity index (χ0v) is 25.7. The van der Waals surface area contributed by atoms with Gasteiger partial charge in [0.05, 0.1) is 16.9 Å². The monoisotopic (exact) mass is 626 g/mol. The van der Waals surface area contributed by atoms with E-state index in [1.807, 2.05) is 37.9 Å². The summed E-state index contributed by atoms with van der Waals surface area (Å²) >= 11 is 0. The summed E-state index contributed by atoms with van der Waals surface area (Å²) in [5.74, 6) is 4.28. The number of aromatic nitrogens is 2. The molecule has 0 spiro atoms. The number of pyridine rings is 1. The Balaban J connectivity index is 0.00000226. The molecule has 3 heterocycles. The van der Waals surface area contributed by atoms with Gasteiger partial charge in [-0.3, -0.25) is 14.7 Å². The maximum Gasteiger partial charge on any atom is 0.419 e. The minimum atomic E-state index is -4.94. The van der Waals surface area contributed by atoms with Gasteiger partial charge in [-0.2, -0.15) is 13.2 Å². The Bertz CT molecular complexity index is 1680. The molecule has 9 nitrogen and oxygen atoms in total. The summed E-state index contributed by atoms with van der Waals surface area (Å²) in [7, 11) is 1.95. The van der Waals surface area contributed by atoms with E-state index in [-0.39, 0.29) is 23.4 Å². The fraction of sp³-hybridized carbons (Fsp3) is 0.312. The number of H-pyrrole nitrogens is 1. The van der Waals surface area contributed by atoms with E-state index in [4.69, 9.17) is 11.6 Å². The summed E-state index contributed by atoms with van der Waals surface area (Å²) in [4.78, 5) is 24.5. The van der Waals surface area contributed by atoms with Crippen LogP contribution < -0.4 is 21.9 Å². The van der Waals surface area contributed by atoms with Gasteiger partial charge in [-0.1, -0.05) is 19.9 Å². The van der Waals surface area contributed by atoms with Crippen LogP contribution in [0, 0.1) is 12.7 Å². The molecule has 0 unspecified atom stereocenters. The number of carbonyl (C=O) groups excluding carboxylic acids is 1. The standard InChI is InChI=1S/C30H32F4N8O.C2H6/c1-18-3-4-20(13-26(18)42(36)17-25(35)21-11-19-5-6-37-28(19)38-15-21)29(43)39-23-12-22(16-41-9-7-40(2)8-10-41)27(31)24(14-23)30(32,33)34;1-2/h3-6,11-15,17H,7-10,16,35-36H2,1-2H3,(H,37,38)(H,39,43);1-2H3/b25-17-;. The minimum absolute atomic E-state index is 0.0103. The third-order valence-electron chi connectivity index (χ3n) is 7.46. The molecular formula is C32H38F4N8O. The molecule has 1 saturated heterocycles. The van der Waals surface area contributed by atoms with Gasteiger partial charge < -0.3 is 20.9 Å². The number of nitrogens with zero attached hydrogens (tertiary/aromatic N) is 4. The molecule has 0 atom stereocenters. The highest BCUT2D eigenvalue weighted by Crippen LogP contribution is 2.35. The summed E-state index contributed by atoms with van der Waals surface area (Å²) in [6.07, 6.45) is -0.0856. The molecule has 1 fully saturated rings. The number of aryl methyl sites for hydroxylation is 1. The van der Waals surface area contributed by atoms with Crippen molar-refractivity contribution in [3.63, 3.8) is 0 Å². The van der Waals surface area contributed by atoms with Crippen molar-refractivity contribution in [1.82, 2.24) is 19.8 Å². The van der Waals surface area contributed by atoms with Crippen molar-refractivity contribution in [2.45, 2.75) is 33.5 Å². The number of hydrogen-bond donors (Lipinski definition) is 4. The molecule has 1 amide bonds. The Kier molecular flexibility index (Phi) is 10.5. The first-order valence-corrected chi connectivity index (χ1v) is 14.6. The number of piperazine rings is 1.